The van der Waals surface area contributed by atoms with E-state index >= 15 is 0 Å². The molecule has 3 rings (SSSR count). The third kappa shape index (κ3) is 2.08. The second-order valence-electron chi connectivity index (χ2n) is 4.46. The maximum Gasteiger partial charge on any atom is 0.336 e. The zero-order chi connectivity index (χ0) is 13.4. The molecule has 19 heavy (non-hydrogen) atoms. The number of hydrogen-bond acceptors (Lipinski definition) is 1. The smallest absolute Gasteiger partial charge is 0.336 e. The van der Waals surface area contributed by atoms with Gasteiger partial charge in [-0.05, 0) is 39.2 Å². The second kappa shape index (κ2) is 4.81. The summed E-state index contributed by atoms with van der Waals surface area (Å²) in [7, 11) is 0. The van der Waals surface area contributed by atoms with Gasteiger partial charge in [0.25, 0.3) is 0 Å². The van der Waals surface area contributed by atoms with Crippen molar-refractivity contribution in [2.45, 2.75) is 4.43 Å². The Bertz CT molecular complexity index is 793. The molecule has 94 valence electrons. The summed E-state index contributed by atoms with van der Waals surface area (Å²) in [6, 6.07) is 16.0. The first-order chi connectivity index (χ1) is 9.20. The lowest BCUT2D eigenvalue weighted by Gasteiger charge is -2.09. The molecule has 3 aromatic carbocycles. The van der Waals surface area contributed by atoms with E-state index in [0.29, 0.717) is 9.99 Å². The van der Waals surface area contributed by atoms with Crippen molar-refractivity contribution >= 4 is 50.1 Å². The SMILES string of the molecule is O=C(O)c1c(CI)ccc2cc3ccccc3cc12. The van der Waals surface area contributed by atoms with E-state index in [0.717, 1.165) is 27.1 Å². The van der Waals surface area contributed by atoms with Crippen LogP contribution in [0.5, 0.6) is 0 Å². The number of halogens is 1. The molecule has 0 bridgehead atoms. The van der Waals surface area contributed by atoms with E-state index < -0.39 is 5.97 Å². The van der Waals surface area contributed by atoms with Crippen LogP contribution in [0.15, 0.2) is 48.5 Å². The van der Waals surface area contributed by atoms with Crippen LogP contribution in [0.4, 0.5) is 0 Å². The molecular formula is C16H11IO2. The molecule has 0 spiro atoms. The Morgan fingerprint density at radius 2 is 1.68 bits per heavy atom. The summed E-state index contributed by atoms with van der Waals surface area (Å²) in [4.78, 5) is 11.5. The van der Waals surface area contributed by atoms with Gasteiger partial charge in [0.1, 0.15) is 0 Å². The number of carboxylic acids is 1. The molecule has 0 heterocycles. The number of fused-ring (bicyclic) bond motifs is 2. The average molecular weight is 362 g/mol. The summed E-state index contributed by atoms with van der Waals surface area (Å²) < 4.78 is 0.697. The van der Waals surface area contributed by atoms with Gasteiger partial charge in [-0.1, -0.05) is 59.0 Å². The molecule has 0 aliphatic heterocycles. The van der Waals surface area contributed by atoms with E-state index in [1.807, 2.05) is 48.5 Å². The van der Waals surface area contributed by atoms with Crippen LogP contribution >= 0.6 is 22.6 Å². The standard InChI is InChI=1S/C16H11IO2/c17-9-13-6-5-12-7-10-3-1-2-4-11(10)8-14(12)15(13)16(18)19/h1-8H,9H2,(H,18,19). The summed E-state index contributed by atoms with van der Waals surface area (Å²) >= 11 is 2.20. The monoisotopic (exact) mass is 362 g/mol. The zero-order valence-electron chi connectivity index (χ0n) is 10.1. The fourth-order valence-corrected chi connectivity index (χ4v) is 3.06. The highest BCUT2D eigenvalue weighted by Crippen LogP contribution is 2.28. The minimum absolute atomic E-state index is 0.428. The largest absolute Gasteiger partial charge is 0.478 e. The van der Waals surface area contributed by atoms with Crippen molar-refractivity contribution in [2.75, 3.05) is 0 Å². The Morgan fingerprint density at radius 1 is 1.00 bits per heavy atom. The Morgan fingerprint density at radius 3 is 2.32 bits per heavy atom. The van der Waals surface area contributed by atoms with Gasteiger partial charge >= 0.3 is 5.97 Å². The first-order valence-corrected chi connectivity index (χ1v) is 7.47. The van der Waals surface area contributed by atoms with E-state index in [4.69, 9.17) is 0 Å². The number of rotatable bonds is 2. The molecule has 0 aliphatic rings. The topological polar surface area (TPSA) is 37.3 Å². The molecule has 0 aliphatic carbocycles. The van der Waals surface area contributed by atoms with Crippen LogP contribution in [0.25, 0.3) is 21.5 Å². The van der Waals surface area contributed by atoms with Crippen LogP contribution in [0.3, 0.4) is 0 Å². The Hall–Kier alpha value is -1.62. The van der Waals surface area contributed by atoms with Gasteiger partial charge in [0.2, 0.25) is 0 Å². The van der Waals surface area contributed by atoms with Gasteiger partial charge in [0.05, 0.1) is 5.56 Å². The highest BCUT2D eigenvalue weighted by Gasteiger charge is 2.14. The van der Waals surface area contributed by atoms with Gasteiger partial charge in [-0.15, -0.1) is 0 Å². The van der Waals surface area contributed by atoms with Crippen LogP contribution in [-0.4, -0.2) is 11.1 Å². The van der Waals surface area contributed by atoms with Gasteiger partial charge < -0.3 is 5.11 Å². The fraction of sp³-hybridized carbons (Fsp3) is 0.0625. The lowest BCUT2D eigenvalue weighted by Crippen LogP contribution is -2.02. The van der Waals surface area contributed by atoms with Crippen molar-refractivity contribution in [3.8, 4) is 0 Å². The maximum absolute atomic E-state index is 11.5. The maximum atomic E-state index is 11.5. The lowest BCUT2D eigenvalue weighted by molar-refractivity contribution is 0.0698. The fourth-order valence-electron chi connectivity index (χ4n) is 2.42. The predicted octanol–water partition coefficient (Wildman–Crippen LogP) is 4.63. The molecule has 0 aromatic heterocycles. The zero-order valence-corrected chi connectivity index (χ0v) is 12.2. The van der Waals surface area contributed by atoms with E-state index in [-0.39, 0.29) is 0 Å². The van der Waals surface area contributed by atoms with Gasteiger partial charge in [-0.3, -0.25) is 0 Å². The summed E-state index contributed by atoms with van der Waals surface area (Å²) in [6.07, 6.45) is 0. The molecule has 0 amide bonds. The van der Waals surface area contributed by atoms with E-state index in [1.165, 1.54) is 0 Å². The van der Waals surface area contributed by atoms with Gasteiger partial charge in [0, 0.05) is 4.43 Å². The van der Waals surface area contributed by atoms with Crippen LogP contribution in [0.1, 0.15) is 15.9 Å². The third-order valence-corrected chi connectivity index (χ3v) is 4.15. The highest BCUT2D eigenvalue weighted by molar-refractivity contribution is 14.1. The van der Waals surface area contributed by atoms with Crippen molar-refractivity contribution in [1.29, 1.82) is 0 Å². The number of aromatic carboxylic acids is 1. The molecule has 3 heteroatoms. The average Bonchev–Trinajstić information content (AvgIpc) is 2.43. The first-order valence-electron chi connectivity index (χ1n) is 5.94. The molecular weight excluding hydrogens is 351 g/mol. The van der Waals surface area contributed by atoms with Gasteiger partial charge in [-0.2, -0.15) is 0 Å². The highest BCUT2D eigenvalue weighted by atomic mass is 127. The van der Waals surface area contributed by atoms with Crippen LogP contribution in [0, 0.1) is 0 Å². The Balaban J connectivity index is 2.47. The third-order valence-electron chi connectivity index (χ3n) is 3.33. The van der Waals surface area contributed by atoms with Crippen molar-refractivity contribution in [3.63, 3.8) is 0 Å². The van der Waals surface area contributed by atoms with Crippen molar-refractivity contribution in [1.82, 2.24) is 0 Å². The normalized spacial score (nSPS) is 11.0. The number of benzene rings is 3. The van der Waals surface area contributed by atoms with Gasteiger partial charge in [-0.25, -0.2) is 4.79 Å². The molecule has 1 N–H and O–H groups in total. The summed E-state index contributed by atoms with van der Waals surface area (Å²) in [5, 5.41) is 13.5. The molecule has 0 saturated carbocycles. The molecule has 3 aromatic rings. The lowest BCUT2D eigenvalue weighted by atomic mass is 9.96. The minimum Gasteiger partial charge on any atom is -0.478 e. The number of alkyl halides is 1. The molecule has 0 radical (unpaired) electrons. The molecule has 0 saturated heterocycles. The summed E-state index contributed by atoms with van der Waals surface area (Å²) in [6.45, 7) is 0. The van der Waals surface area contributed by atoms with E-state index in [1.54, 1.807) is 0 Å². The molecule has 0 atom stereocenters. The molecule has 0 unspecified atom stereocenters. The minimum atomic E-state index is -0.854. The van der Waals surface area contributed by atoms with Crippen molar-refractivity contribution < 1.29 is 9.90 Å². The van der Waals surface area contributed by atoms with E-state index in [9.17, 15) is 9.90 Å². The van der Waals surface area contributed by atoms with Crippen LogP contribution in [-0.2, 0) is 4.43 Å². The Labute approximate surface area is 124 Å². The van der Waals surface area contributed by atoms with Gasteiger partial charge in [0.15, 0.2) is 0 Å². The number of carboxylic acid groups (broad SMARTS) is 1. The Kier molecular flexibility index (Phi) is 3.14. The van der Waals surface area contributed by atoms with Crippen molar-refractivity contribution in [2.24, 2.45) is 0 Å². The van der Waals surface area contributed by atoms with Crippen LogP contribution in [0.2, 0.25) is 0 Å². The van der Waals surface area contributed by atoms with Crippen LogP contribution < -0.4 is 0 Å². The first kappa shape index (κ1) is 12.4. The second-order valence-corrected chi connectivity index (χ2v) is 5.22. The summed E-state index contributed by atoms with van der Waals surface area (Å²) in [5.74, 6) is -0.854. The molecule has 2 nitrogen and oxygen atoms in total. The summed E-state index contributed by atoms with van der Waals surface area (Å²) in [5.41, 5.74) is 1.30. The number of hydrogen-bond donors (Lipinski definition) is 1. The predicted molar refractivity (Wildman–Crippen MR) is 86.1 cm³/mol. The van der Waals surface area contributed by atoms with Crippen molar-refractivity contribution in [3.05, 3.63) is 59.7 Å². The molecule has 0 fully saturated rings. The quantitative estimate of drug-likeness (QED) is 0.410. The van der Waals surface area contributed by atoms with E-state index in [2.05, 4.69) is 22.6 Å². The number of carbonyl (C=O) groups is 1.